The summed E-state index contributed by atoms with van der Waals surface area (Å²) in [7, 11) is 1.56. The third-order valence-corrected chi connectivity index (χ3v) is 4.45. The van der Waals surface area contributed by atoms with Crippen LogP contribution in [0.4, 0.5) is 0 Å². The van der Waals surface area contributed by atoms with Gasteiger partial charge >= 0.3 is 5.97 Å². The molecule has 0 N–H and O–H groups in total. The number of benzene rings is 2. The molecule has 0 saturated carbocycles. The molecule has 5 nitrogen and oxygen atoms in total. The number of Topliss-reactive ketones (excluding diaryl/α,β-unsaturated/α-hetero) is 1. The Morgan fingerprint density at radius 2 is 1.78 bits per heavy atom. The molecule has 2 aliphatic rings. The van der Waals surface area contributed by atoms with Crippen LogP contribution in [-0.4, -0.2) is 32.1 Å². The largest absolute Gasteiger partial charge is 0.497 e. The maximum absolute atomic E-state index is 13.2. The fourth-order valence-corrected chi connectivity index (χ4v) is 3.19. The van der Waals surface area contributed by atoms with Crippen LogP contribution in [0.1, 0.15) is 26.3 Å². The molecule has 1 spiro atoms. The lowest BCUT2D eigenvalue weighted by Gasteiger charge is -2.39. The highest BCUT2D eigenvalue weighted by molar-refractivity contribution is 6.10. The van der Waals surface area contributed by atoms with Gasteiger partial charge in [0.05, 0.1) is 18.2 Å². The van der Waals surface area contributed by atoms with E-state index in [1.54, 1.807) is 43.5 Å². The minimum atomic E-state index is -0.980. The first-order valence-corrected chi connectivity index (χ1v) is 7.28. The van der Waals surface area contributed by atoms with Crippen LogP contribution in [0.2, 0.25) is 0 Å². The normalized spacial score (nSPS) is 22.0. The molecule has 0 bridgehead atoms. The third-order valence-electron chi connectivity index (χ3n) is 4.45. The van der Waals surface area contributed by atoms with Crippen LogP contribution in [0, 0.1) is 0 Å². The van der Waals surface area contributed by atoms with E-state index in [-0.39, 0.29) is 19.0 Å². The fraction of sp³-hybridized carbons (Fsp3) is 0.222. The van der Waals surface area contributed by atoms with E-state index in [1.807, 2.05) is 6.07 Å². The Bertz CT molecular complexity index is 826. The predicted octanol–water partition coefficient (Wildman–Crippen LogP) is 2.38. The van der Waals surface area contributed by atoms with Crippen molar-refractivity contribution in [3.63, 3.8) is 0 Å². The van der Waals surface area contributed by atoms with Crippen LogP contribution in [0.5, 0.6) is 11.5 Å². The van der Waals surface area contributed by atoms with Gasteiger partial charge in [-0.3, -0.25) is 4.79 Å². The molecule has 0 radical (unpaired) electrons. The average Bonchev–Trinajstić information content (AvgIpc) is 2.60. The summed E-state index contributed by atoms with van der Waals surface area (Å²) in [5.41, 5.74) is 0.590. The minimum absolute atomic E-state index is 0.00680. The zero-order valence-electron chi connectivity index (χ0n) is 12.5. The van der Waals surface area contributed by atoms with Crippen LogP contribution >= 0.6 is 0 Å². The van der Waals surface area contributed by atoms with E-state index in [0.29, 0.717) is 28.2 Å². The monoisotopic (exact) mass is 310 g/mol. The number of rotatable bonds is 1. The molecule has 0 aliphatic carbocycles. The fourth-order valence-electron chi connectivity index (χ4n) is 3.19. The Morgan fingerprint density at radius 3 is 2.61 bits per heavy atom. The zero-order chi connectivity index (χ0) is 16.0. The molecule has 1 unspecified atom stereocenters. The lowest BCUT2D eigenvalue weighted by Crippen LogP contribution is -2.52. The molecule has 5 heteroatoms. The molecule has 0 fully saturated rings. The van der Waals surface area contributed by atoms with Gasteiger partial charge in [0.25, 0.3) is 0 Å². The Labute approximate surface area is 132 Å². The van der Waals surface area contributed by atoms with Gasteiger partial charge in [0.1, 0.15) is 30.1 Å². The number of carbonyl (C=O) groups is 2. The molecular formula is C18H14O5. The number of ketones is 1. The second-order valence-corrected chi connectivity index (χ2v) is 5.68. The number of carbonyl (C=O) groups excluding carboxylic acids is 2. The molecule has 2 heterocycles. The zero-order valence-corrected chi connectivity index (χ0v) is 12.5. The van der Waals surface area contributed by atoms with E-state index in [4.69, 9.17) is 14.2 Å². The van der Waals surface area contributed by atoms with Crippen molar-refractivity contribution in [1.82, 2.24) is 0 Å². The van der Waals surface area contributed by atoms with Gasteiger partial charge < -0.3 is 14.2 Å². The van der Waals surface area contributed by atoms with Crippen molar-refractivity contribution in [3.05, 3.63) is 59.2 Å². The molecule has 0 amide bonds. The van der Waals surface area contributed by atoms with E-state index < -0.39 is 11.4 Å². The third kappa shape index (κ3) is 1.86. The summed E-state index contributed by atoms with van der Waals surface area (Å²) in [4.78, 5) is 25.1. The first kappa shape index (κ1) is 13.8. The molecule has 1 atom stereocenters. The van der Waals surface area contributed by atoms with Gasteiger partial charge in [-0.2, -0.15) is 0 Å². The van der Waals surface area contributed by atoms with Crippen LogP contribution in [0.15, 0.2) is 42.5 Å². The Kier molecular flexibility index (Phi) is 2.91. The highest BCUT2D eigenvalue weighted by atomic mass is 16.5. The first-order valence-electron chi connectivity index (χ1n) is 7.28. The van der Waals surface area contributed by atoms with Crippen LogP contribution in [0.25, 0.3) is 0 Å². The van der Waals surface area contributed by atoms with Crippen LogP contribution in [0.3, 0.4) is 0 Å². The van der Waals surface area contributed by atoms with E-state index >= 15 is 0 Å². The average molecular weight is 310 g/mol. The van der Waals surface area contributed by atoms with Gasteiger partial charge in [-0.15, -0.1) is 0 Å². The molecule has 2 aliphatic heterocycles. The molecule has 23 heavy (non-hydrogen) atoms. The second kappa shape index (κ2) is 4.84. The summed E-state index contributed by atoms with van der Waals surface area (Å²) in [5.74, 6) is 0.623. The molecule has 4 rings (SSSR count). The SMILES string of the molecule is COc1ccc2c(c1)OCC1(COC(=O)c3ccccc31)C2=O. The second-order valence-electron chi connectivity index (χ2n) is 5.68. The van der Waals surface area contributed by atoms with Crippen molar-refractivity contribution in [2.45, 2.75) is 5.41 Å². The van der Waals surface area contributed by atoms with Gasteiger partial charge in [0.15, 0.2) is 5.78 Å². The van der Waals surface area contributed by atoms with E-state index in [1.165, 1.54) is 0 Å². The summed E-state index contributed by atoms with van der Waals surface area (Å²) in [5, 5.41) is 0. The van der Waals surface area contributed by atoms with Crippen molar-refractivity contribution in [2.24, 2.45) is 0 Å². The Morgan fingerprint density at radius 1 is 1.00 bits per heavy atom. The lowest BCUT2D eigenvalue weighted by atomic mass is 9.71. The van der Waals surface area contributed by atoms with Gasteiger partial charge in [-0.05, 0) is 23.8 Å². The summed E-state index contributed by atoms with van der Waals surface area (Å²) in [6.45, 7) is 0.128. The van der Waals surface area contributed by atoms with Gasteiger partial charge in [-0.1, -0.05) is 18.2 Å². The van der Waals surface area contributed by atoms with Crippen molar-refractivity contribution < 1.29 is 23.8 Å². The van der Waals surface area contributed by atoms with E-state index in [0.717, 1.165) is 0 Å². The number of ether oxygens (including phenoxy) is 3. The standard InChI is InChI=1S/C18H14O5/c1-21-11-6-7-13-15(8-11)22-9-18(16(13)19)10-23-17(20)12-4-2-3-5-14(12)18/h2-8H,9-10H2,1H3. The van der Waals surface area contributed by atoms with Crippen molar-refractivity contribution in [2.75, 3.05) is 20.3 Å². The number of hydrogen-bond acceptors (Lipinski definition) is 5. The summed E-state index contributed by atoms with van der Waals surface area (Å²) in [6.07, 6.45) is 0. The number of fused-ring (bicyclic) bond motifs is 3. The molecular weight excluding hydrogens is 296 g/mol. The first-order chi connectivity index (χ1) is 11.2. The highest BCUT2D eigenvalue weighted by Gasteiger charge is 2.51. The summed E-state index contributed by atoms with van der Waals surface area (Å²) in [6, 6.07) is 12.2. The quantitative estimate of drug-likeness (QED) is 0.757. The minimum Gasteiger partial charge on any atom is -0.497 e. The number of esters is 1. The van der Waals surface area contributed by atoms with Gasteiger partial charge in [-0.25, -0.2) is 4.79 Å². The number of cyclic esters (lactones) is 1. The summed E-state index contributed by atoms with van der Waals surface area (Å²) < 4.78 is 16.3. The molecule has 2 aromatic carbocycles. The molecule has 116 valence electrons. The highest BCUT2D eigenvalue weighted by Crippen LogP contribution is 2.42. The Hall–Kier alpha value is -2.82. The molecule has 0 aromatic heterocycles. The maximum Gasteiger partial charge on any atom is 0.338 e. The van der Waals surface area contributed by atoms with Gasteiger partial charge in [0, 0.05) is 6.07 Å². The lowest BCUT2D eigenvalue weighted by molar-refractivity contribution is 0.0237. The number of methoxy groups -OCH3 is 1. The molecule has 0 saturated heterocycles. The van der Waals surface area contributed by atoms with Crippen molar-refractivity contribution in [3.8, 4) is 11.5 Å². The summed E-state index contributed by atoms with van der Waals surface area (Å²) >= 11 is 0. The van der Waals surface area contributed by atoms with Gasteiger partial charge in [0.2, 0.25) is 0 Å². The number of hydrogen-bond donors (Lipinski definition) is 0. The van der Waals surface area contributed by atoms with Crippen LogP contribution < -0.4 is 9.47 Å². The van der Waals surface area contributed by atoms with Crippen molar-refractivity contribution >= 4 is 11.8 Å². The molecule has 2 aromatic rings. The maximum atomic E-state index is 13.2. The van der Waals surface area contributed by atoms with Crippen molar-refractivity contribution in [1.29, 1.82) is 0 Å². The predicted molar refractivity (Wildman–Crippen MR) is 81.2 cm³/mol. The van der Waals surface area contributed by atoms with E-state index in [2.05, 4.69) is 0 Å². The topological polar surface area (TPSA) is 61.8 Å². The Balaban J connectivity index is 1.86. The van der Waals surface area contributed by atoms with E-state index in [9.17, 15) is 9.59 Å². The smallest absolute Gasteiger partial charge is 0.338 e. The van der Waals surface area contributed by atoms with Crippen LogP contribution in [-0.2, 0) is 10.2 Å².